The van der Waals surface area contributed by atoms with E-state index in [0.29, 0.717) is 29.6 Å². The molecule has 4 rings (SSSR count). The van der Waals surface area contributed by atoms with Crippen LogP contribution >= 0.6 is 12.4 Å². The van der Waals surface area contributed by atoms with E-state index in [1.807, 2.05) is 38.1 Å². The third-order valence-corrected chi connectivity index (χ3v) is 4.61. The van der Waals surface area contributed by atoms with Crippen molar-refractivity contribution in [2.24, 2.45) is 6.98 Å². The van der Waals surface area contributed by atoms with Crippen molar-refractivity contribution in [3.05, 3.63) is 63.8 Å². The van der Waals surface area contributed by atoms with Crippen molar-refractivity contribution >= 4 is 29.0 Å². The van der Waals surface area contributed by atoms with Crippen molar-refractivity contribution in [2.45, 2.75) is 20.3 Å². The maximum Gasteiger partial charge on any atom is 0.261 e. The zero-order valence-electron chi connectivity index (χ0n) is 18.9. The number of methoxy groups -OCH3 is 1. The van der Waals surface area contributed by atoms with Crippen LogP contribution in [0.15, 0.2) is 41.2 Å². The summed E-state index contributed by atoms with van der Waals surface area (Å²) in [5.74, 6) is 0. The van der Waals surface area contributed by atoms with E-state index in [1.54, 1.807) is 23.8 Å². The van der Waals surface area contributed by atoms with Crippen LogP contribution in [-0.2, 0) is 18.1 Å². The van der Waals surface area contributed by atoms with Crippen LogP contribution in [0.4, 0.5) is 0 Å². The number of aromatic nitrogens is 4. The molecule has 3 heterocycles. The minimum absolute atomic E-state index is 0. The molecule has 1 aromatic carbocycles. The molecule has 0 unspecified atom stereocenters. The molecule has 0 aliphatic carbocycles. The van der Waals surface area contributed by atoms with E-state index < -0.39 is 12.5 Å². The van der Waals surface area contributed by atoms with E-state index in [-0.39, 0.29) is 18.1 Å². The first kappa shape index (κ1) is 16.3. The zero-order valence-corrected chi connectivity index (χ0v) is 16.7. The SMILES string of the molecule is Cl.[2H]C([2H])([2H])n1c(=O)c2ccc(-c3cc(C)nc(C)c3)cc2n2nc(CCOC)cc12. The first-order valence-corrected chi connectivity index (χ1v) is 8.71. The number of halogens is 1. The molecule has 0 amide bonds. The molecule has 28 heavy (non-hydrogen) atoms. The molecule has 0 fully saturated rings. The van der Waals surface area contributed by atoms with Gasteiger partial charge in [0.25, 0.3) is 5.56 Å². The number of hydrogen-bond acceptors (Lipinski definition) is 4. The number of fused-ring (bicyclic) bond motifs is 3. The Bertz CT molecular complexity index is 1310. The highest BCUT2D eigenvalue weighted by molar-refractivity contribution is 5.86. The lowest BCUT2D eigenvalue weighted by molar-refractivity contribution is 0.201. The van der Waals surface area contributed by atoms with Crippen LogP contribution in [0, 0.1) is 13.8 Å². The van der Waals surface area contributed by atoms with Gasteiger partial charge in [0.1, 0.15) is 5.65 Å². The highest BCUT2D eigenvalue weighted by atomic mass is 35.5. The third kappa shape index (κ3) is 3.41. The van der Waals surface area contributed by atoms with Gasteiger partial charge in [-0.05, 0) is 49.2 Å². The van der Waals surface area contributed by atoms with Gasteiger partial charge in [-0.1, -0.05) is 6.07 Å². The first-order valence-electron chi connectivity index (χ1n) is 10.2. The quantitative estimate of drug-likeness (QED) is 0.525. The van der Waals surface area contributed by atoms with Crippen LogP contribution in [0.2, 0.25) is 0 Å². The van der Waals surface area contributed by atoms with Gasteiger partial charge in [-0.25, -0.2) is 4.52 Å². The number of benzene rings is 1. The predicted molar refractivity (Wildman–Crippen MR) is 113 cm³/mol. The topological polar surface area (TPSA) is 61.4 Å². The molecule has 6 nitrogen and oxygen atoms in total. The summed E-state index contributed by atoms with van der Waals surface area (Å²) < 4.78 is 31.1. The molecular formula is C21H23ClN4O2. The molecule has 4 aromatic rings. The smallest absolute Gasteiger partial charge is 0.261 e. The van der Waals surface area contributed by atoms with Crippen molar-refractivity contribution in [3.8, 4) is 11.1 Å². The Kier molecular flexibility index (Phi) is 4.49. The van der Waals surface area contributed by atoms with E-state index in [0.717, 1.165) is 27.1 Å². The van der Waals surface area contributed by atoms with Gasteiger partial charge in [0.05, 0.1) is 23.2 Å². The van der Waals surface area contributed by atoms with E-state index in [1.165, 1.54) is 0 Å². The highest BCUT2D eigenvalue weighted by Crippen LogP contribution is 2.25. The van der Waals surface area contributed by atoms with Crippen molar-refractivity contribution in [3.63, 3.8) is 0 Å². The Balaban J connectivity index is 0.00000272. The molecule has 0 bridgehead atoms. The average molecular weight is 402 g/mol. The second-order valence-corrected chi connectivity index (χ2v) is 6.66. The maximum atomic E-state index is 13.1. The van der Waals surface area contributed by atoms with Crippen molar-refractivity contribution < 1.29 is 8.85 Å². The minimum Gasteiger partial charge on any atom is -0.384 e. The molecule has 0 atom stereocenters. The summed E-state index contributed by atoms with van der Waals surface area (Å²) in [6.07, 6.45) is 0.511. The fraction of sp³-hybridized carbons (Fsp3) is 0.286. The van der Waals surface area contributed by atoms with Crippen LogP contribution in [0.1, 0.15) is 21.2 Å². The summed E-state index contributed by atoms with van der Waals surface area (Å²) in [5, 5.41) is 4.88. The largest absolute Gasteiger partial charge is 0.384 e. The van der Waals surface area contributed by atoms with E-state index in [4.69, 9.17) is 8.85 Å². The van der Waals surface area contributed by atoms with Gasteiger partial charge in [0.2, 0.25) is 0 Å². The number of hydrogen-bond donors (Lipinski definition) is 0. The summed E-state index contributed by atoms with van der Waals surface area (Å²) in [5.41, 5.74) is 4.55. The standard InChI is InChI=1S/C21H22N4O2.ClH/c1-13-9-16(10-14(2)22-13)15-5-6-18-19(11-15)25-20(24(3)21(18)26)12-17(23-25)7-8-27-4;/h5-6,9-12H,7-8H2,1-4H3;1H/i3D3;. The van der Waals surface area contributed by atoms with Gasteiger partial charge in [-0.3, -0.25) is 14.3 Å². The fourth-order valence-corrected chi connectivity index (χ4v) is 3.38. The number of rotatable bonds is 4. The summed E-state index contributed by atoms with van der Waals surface area (Å²) in [7, 11) is 1.59. The number of nitrogens with zero attached hydrogens (tertiary/aromatic N) is 4. The monoisotopic (exact) mass is 401 g/mol. The number of pyridine rings is 1. The van der Waals surface area contributed by atoms with Gasteiger partial charge >= 0.3 is 0 Å². The van der Waals surface area contributed by atoms with E-state index in [2.05, 4.69) is 10.1 Å². The van der Waals surface area contributed by atoms with Crippen LogP contribution in [-0.4, -0.2) is 32.9 Å². The zero-order chi connectivity index (χ0) is 21.6. The number of aryl methyl sites for hydroxylation is 3. The molecule has 0 saturated carbocycles. The van der Waals surface area contributed by atoms with Crippen molar-refractivity contribution in [1.29, 1.82) is 0 Å². The summed E-state index contributed by atoms with van der Waals surface area (Å²) in [4.78, 5) is 17.5. The van der Waals surface area contributed by atoms with Crippen LogP contribution in [0.3, 0.4) is 0 Å². The molecule has 0 spiro atoms. The summed E-state index contributed by atoms with van der Waals surface area (Å²) >= 11 is 0. The minimum atomic E-state index is -2.62. The lowest BCUT2D eigenvalue weighted by Crippen LogP contribution is -2.19. The second kappa shape index (κ2) is 7.73. The van der Waals surface area contributed by atoms with E-state index in [9.17, 15) is 4.79 Å². The van der Waals surface area contributed by atoms with Gasteiger partial charge < -0.3 is 4.74 Å². The Morgan fingerprint density at radius 3 is 2.54 bits per heavy atom. The Morgan fingerprint density at radius 2 is 1.86 bits per heavy atom. The lowest BCUT2D eigenvalue weighted by atomic mass is 10.0. The number of ether oxygens (including phenoxy) is 1. The Labute approximate surface area is 173 Å². The fourth-order valence-electron chi connectivity index (χ4n) is 3.38. The van der Waals surface area contributed by atoms with Gasteiger partial charge in [-0.2, -0.15) is 5.10 Å². The Morgan fingerprint density at radius 1 is 1.11 bits per heavy atom. The average Bonchev–Trinajstić information content (AvgIpc) is 3.08. The molecule has 7 heteroatoms. The second-order valence-electron chi connectivity index (χ2n) is 6.66. The molecule has 0 saturated heterocycles. The molecule has 0 N–H and O–H groups in total. The summed E-state index contributed by atoms with van der Waals surface area (Å²) in [6.45, 7) is 1.68. The molecule has 0 aliphatic heterocycles. The van der Waals surface area contributed by atoms with E-state index >= 15 is 0 Å². The molecule has 0 radical (unpaired) electrons. The lowest BCUT2D eigenvalue weighted by Gasteiger charge is -2.09. The van der Waals surface area contributed by atoms with Crippen molar-refractivity contribution in [1.82, 2.24) is 19.2 Å². The van der Waals surface area contributed by atoms with Crippen LogP contribution in [0.25, 0.3) is 27.7 Å². The normalized spacial score (nSPS) is 13.2. The highest BCUT2D eigenvalue weighted by Gasteiger charge is 2.13. The van der Waals surface area contributed by atoms with Crippen LogP contribution < -0.4 is 5.56 Å². The molecular weight excluding hydrogens is 376 g/mol. The molecule has 146 valence electrons. The third-order valence-electron chi connectivity index (χ3n) is 4.61. The van der Waals surface area contributed by atoms with Crippen LogP contribution in [0.5, 0.6) is 0 Å². The van der Waals surface area contributed by atoms with Gasteiger partial charge in [0, 0.05) is 42.1 Å². The Hall–Kier alpha value is -2.70. The maximum absolute atomic E-state index is 13.1. The molecule has 0 aliphatic rings. The van der Waals surface area contributed by atoms with Crippen molar-refractivity contribution in [2.75, 3.05) is 13.7 Å². The van der Waals surface area contributed by atoms with Gasteiger partial charge in [0.15, 0.2) is 0 Å². The van der Waals surface area contributed by atoms with Gasteiger partial charge in [-0.15, -0.1) is 12.4 Å². The predicted octanol–water partition coefficient (Wildman–Crippen LogP) is 3.48. The molecule has 3 aromatic heterocycles. The summed E-state index contributed by atoms with van der Waals surface area (Å²) in [6, 6.07) is 10.9. The first-order chi connectivity index (χ1) is 14.2.